The second-order valence-electron chi connectivity index (χ2n) is 8.35. The van der Waals surface area contributed by atoms with E-state index in [1.807, 2.05) is 45.0 Å². The van der Waals surface area contributed by atoms with Gasteiger partial charge in [0, 0.05) is 16.9 Å². The molecule has 4 rings (SSSR count). The Labute approximate surface area is 201 Å². The van der Waals surface area contributed by atoms with Gasteiger partial charge in [0.05, 0.1) is 17.0 Å². The molecule has 0 N–H and O–H groups in total. The van der Waals surface area contributed by atoms with E-state index in [0.29, 0.717) is 11.3 Å². The average Bonchev–Trinajstić information content (AvgIpc) is 3.16. The fourth-order valence-electron chi connectivity index (χ4n) is 3.95. The van der Waals surface area contributed by atoms with Crippen molar-refractivity contribution in [1.29, 1.82) is 0 Å². The van der Waals surface area contributed by atoms with Crippen molar-refractivity contribution in [1.82, 2.24) is 4.57 Å². The van der Waals surface area contributed by atoms with E-state index in [1.165, 1.54) is 24.3 Å². The molecule has 0 amide bonds. The standard InChI is InChI=1S/C28H24F4N2O/c1-18-5-4-6-25(15-18)34-20(3)26(16-27(34)22-9-13-24(29)14-10-22)19(2)33-35-17-21-7-11-23(12-8-21)28(30,31)32/h4-16H,17H2,1-3H3/b33-19-. The Morgan fingerprint density at radius 2 is 1.60 bits per heavy atom. The second-order valence-corrected chi connectivity index (χ2v) is 8.35. The zero-order valence-corrected chi connectivity index (χ0v) is 19.5. The first-order chi connectivity index (χ1) is 16.6. The van der Waals surface area contributed by atoms with Gasteiger partial charge in [-0.25, -0.2) is 4.39 Å². The molecule has 0 fully saturated rings. The van der Waals surface area contributed by atoms with Crippen molar-refractivity contribution < 1.29 is 22.4 Å². The number of aromatic nitrogens is 1. The third kappa shape index (κ3) is 5.45. The highest BCUT2D eigenvalue weighted by Crippen LogP contribution is 2.31. The van der Waals surface area contributed by atoms with Crippen LogP contribution in [0.3, 0.4) is 0 Å². The van der Waals surface area contributed by atoms with Crippen LogP contribution in [0.4, 0.5) is 17.6 Å². The number of benzene rings is 3. The third-order valence-electron chi connectivity index (χ3n) is 5.75. The molecule has 0 bridgehead atoms. The topological polar surface area (TPSA) is 26.5 Å². The van der Waals surface area contributed by atoms with E-state index in [9.17, 15) is 17.6 Å². The molecule has 1 aromatic heterocycles. The Kier molecular flexibility index (Phi) is 6.78. The lowest BCUT2D eigenvalue weighted by Crippen LogP contribution is -2.04. The minimum absolute atomic E-state index is 0.0396. The average molecular weight is 481 g/mol. The minimum Gasteiger partial charge on any atom is -0.391 e. The number of aryl methyl sites for hydroxylation is 1. The lowest BCUT2D eigenvalue weighted by molar-refractivity contribution is -0.137. The summed E-state index contributed by atoms with van der Waals surface area (Å²) in [6.45, 7) is 5.84. The molecule has 0 radical (unpaired) electrons. The number of oxime groups is 1. The van der Waals surface area contributed by atoms with E-state index in [0.717, 1.165) is 45.9 Å². The molecular formula is C28H24F4N2O. The van der Waals surface area contributed by atoms with Crippen LogP contribution < -0.4 is 0 Å². The summed E-state index contributed by atoms with van der Waals surface area (Å²) in [6, 6.07) is 21.1. The smallest absolute Gasteiger partial charge is 0.391 e. The van der Waals surface area contributed by atoms with Crippen LogP contribution in [-0.2, 0) is 17.6 Å². The molecule has 0 spiro atoms. The predicted molar refractivity (Wildman–Crippen MR) is 129 cm³/mol. The van der Waals surface area contributed by atoms with Gasteiger partial charge in [-0.1, -0.05) is 29.4 Å². The number of nitrogens with zero attached hydrogens (tertiary/aromatic N) is 2. The number of hydrogen-bond acceptors (Lipinski definition) is 2. The predicted octanol–water partition coefficient (Wildman–Crippen LogP) is 7.86. The van der Waals surface area contributed by atoms with Crippen LogP contribution in [0.5, 0.6) is 0 Å². The van der Waals surface area contributed by atoms with Gasteiger partial charge < -0.3 is 9.40 Å². The van der Waals surface area contributed by atoms with Gasteiger partial charge in [0.25, 0.3) is 0 Å². The first kappa shape index (κ1) is 24.3. The van der Waals surface area contributed by atoms with Gasteiger partial charge in [-0.15, -0.1) is 0 Å². The highest BCUT2D eigenvalue weighted by Gasteiger charge is 2.29. The van der Waals surface area contributed by atoms with Crippen LogP contribution in [0, 0.1) is 19.7 Å². The van der Waals surface area contributed by atoms with Crippen LogP contribution in [-0.4, -0.2) is 10.3 Å². The van der Waals surface area contributed by atoms with Gasteiger partial charge in [-0.3, -0.25) is 0 Å². The zero-order valence-electron chi connectivity index (χ0n) is 19.5. The van der Waals surface area contributed by atoms with Crippen molar-refractivity contribution in [3.63, 3.8) is 0 Å². The first-order valence-electron chi connectivity index (χ1n) is 11.0. The summed E-state index contributed by atoms with van der Waals surface area (Å²) >= 11 is 0. The van der Waals surface area contributed by atoms with Crippen LogP contribution in [0.25, 0.3) is 16.9 Å². The third-order valence-corrected chi connectivity index (χ3v) is 5.75. The molecule has 0 atom stereocenters. The molecule has 3 aromatic carbocycles. The van der Waals surface area contributed by atoms with Crippen LogP contribution in [0.1, 0.15) is 34.9 Å². The summed E-state index contributed by atoms with van der Waals surface area (Å²) in [6.07, 6.45) is -4.38. The number of alkyl halides is 3. The highest BCUT2D eigenvalue weighted by molar-refractivity contribution is 6.01. The molecule has 0 saturated carbocycles. The van der Waals surface area contributed by atoms with E-state index < -0.39 is 11.7 Å². The van der Waals surface area contributed by atoms with E-state index in [2.05, 4.69) is 15.8 Å². The summed E-state index contributed by atoms with van der Waals surface area (Å²) in [5.74, 6) is -0.311. The van der Waals surface area contributed by atoms with E-state index in [1.54, 1.807) is 12.1 Å². The molecule has 35 heavy (non-hydrogen) atoms. The van der Waals surface area contributed by atoms with Gasteiger partial charge in [0.2, 0.25) is 0 Å². The van der Waals surface area contributed by atoms with E-state index >= 15 is 0 Å². The molecule has 0 saturated heterocycles. The number of hydrogen-bond donors (Lipinski definition) is 0. The molecular weight excluding hydrogens is 456 g/mol. The van der Waals surface area contributed by atoms with Crippen LogP contribution in [0.2, 0.25) is 0 Å². The Hall–Kier alpha value is -3.87. The lowest BCUT2D eigenvalue weighted by Gasteiger charge is -2.13. The van der Waals surface area contributed by atoms with E-state index in [-0.39, 0.29) is 12.4 Å². The Bertz CT molecular complexity index is 1350. The molecule has 0 unspecified atom stereocenters. The summed E-state index contributed by atoms with van der Waals surface area (Å²) in [5, 5.41) is 4.22. The van der Waals surface area contributed by atoms with Gasteiger partial charge in [0.1, 0.15) is 12.4 Å². The van der Waals surface area contributed by atoms with Crippen molar-refractivity contribution in [2.45, 2.75) is 33.6 Å². The summed E-state index contributed by atoms with van der Waals surface area (Å²) in [7, 11) is 0. The van der Waals surface area contributed by atoms with Crippen LogP contribution in [0.15, 0.2) is 84.0 Å². The molecule has 180 valence electrons. The van der Waals surface area contributed by atoms with Gasteiger partial charge in [0.15, 0.2) is 0 Å². The normalized spacial score (nSPS) is 12.1. The maximum atomic E-state index is 13.6. The molecule has 1 heterocycles. The van der Waals surface area contributed by atoms with Crippen molar-refractivity contribution in [2.75, 3.05) is 0 Å². The van der Waals surface area contributed by atoms with Crippen molar-refractivity contribution in [3.8, 4) is 16.9 Å². The Morgan fingerprint density at radius 3 is 2.23 bits per heavy atom. The number of halogens is 4. The first-order valence-corrected chi connectivity index (χ1v) is 11.0. The SMILES string of the molecule is C/C(=N/OCc1ccc(C(F)(F)F)cc1)c1cc(-c2ccc(F)cc2)n(-c2cccc(C)c2)c1C. The van der Waals surface area contributed by atoms with Crippen molar-refractivity contribution in [3.05, 3.63) is 113 Å². The molecule has 0 aliphatic carbocycles. The van der Waals surface area contributed by atoms with Gasteiger partial charge >= 0.3 is 6.18 Å². The molecule has 0 aliphatic rings. The fourth-order valence-corrected chi connectivity index (χ4v) is 3.95. The molecule has 0 aliphatic heterocycles. The number of rotatable bonds is 6. The maximum absolute atomic E-state index is 13.6. The van der Waals surface area contributed by atoms with Gasteiger partial charge in [-0.2, -0.15) is 13.2 Å². The highest BCUT2D eigenvalue weighted by atomic mass is 19.4. The molecule has 7 heteroatoms. The van der Waals surface area contributed by atoms with E-state index in [4.69, 9.17) is 4.84 Å². The summed E-state index contributed by atoms with van der Waals surface area (Å²) < 4.78 is 53.9. The fraction of sp³-hybridized carbons (Fsp3) is 0.179. The monoisotopic (exact) mass is 480 g/mol. The van der Waals surface area contributed by atoms with Crippen molar-refractivity contribution in [2.24, 2.45) is 5.16 Å². The minimum atomic E-state index is -4.38. The summed E-state index contributed by atoms with van der Waals surface area (Å²) in [5.41, 5.74) is 6.05. The van der Waals surface area contributed by atoms with Crippen LogP contribution >= 0.6 is 0 Å². The lowest BCUT2D eigenvalue weighted by atomic mass is 10.1. The molecule has 4 aromatic rings. The van der Waals surface area contributed by atoms with Crippen molar-refractivity contribution >= 4 is 5.71 Å². The zero-order chi connectivity index (χ0) is 25.2. The Morgan fingerprint density at radius 1 is 0.914 bits per heavy atom. The largest absolute Gasteiger partial charge is 0.416 e. The quantitative estimate of drug-likeness (QED) is 0.157. The second kappa shape index (κ2) is 9.78. The van der Waals surface area contributed by atoms with Gasteiger partial charge in [-0.05, 0) is 92.1 Å². The summed E-state index contributed by atoms with van der Waals surface area (Å²) in [4.78, 5) is 5.46. The Balaban J connectivity index is 1.64. The maximum Gasteiger partial charge on any atom is 0.416 e. The molecule has 3 nitrogen and oxygen atoms in total.